The van der Waals surface area contributed by atoms with Crippen molar-refractivity contribution in [2.45, 2.75) is 109 Å². The molecule has 10 heteroatoms. The van der Waals surface area contributed by atoms with E-state index in [1.54, 1.807) is 4.57 Å². The van der Waals surface area contributed by atoms with E-state index >= 15 is 0 Å². The molecule has 3 atom stereocenters. The van der Waals surface area contributed by atoms with Crippen LogP contribution in [-0.4, -0.2) is 44.2 Å². The molecule has 0 aromatic carbocycles. The Labute approximate surface area is 224 Å². The minimum absolute atomic E-state index is 0.0115. The van der Waals surface area contributed by atoms with Crippen molar-refractivity contribution in [1.82, 2.24) is 19.5 Å². The fourth-order valence-corrected chi connectivity index (χ4v) is 5.04. The SMILES string of the molecule is C=C1[C@H](COC(=O)CCCC)[C@@H](OC(=O)CCCCCCCCCC)C[C@@H]1n1cnc2c(=O)[nH]c(N)nc21. The lowest BCUT2D eigenvalue weighted by molar-refractivity contribution is -0.153. The molecule has 2 heterocycles. The molecule has 3 rings (SSSR count). The summed E-state index contributed by atoms with van der Waals surface area (Å²) in [7, 11) is 0. The van der Waals surface area contributed by atoms with Gasteiger partial charge in [-0.05, 0) is 18.4 Å². The third-order valence-corrected chi connectivity index (χ3v) is 7.27. The molecule has 210 valence electrons. The number of nitrogens with two attached hydrogens (primary N) is 1. The molecule has 0 radical (unpaired) electrons. The van der Waals surface area contributed by atoms with Crippen molar-refractivity contribution in [2.24, 2.45) is 5.92 Å². The number of nitrogens with one attached hydrogen (secondary N) is 1. The van der Waals surface area contributed by atoms with Crippen molar-refractivity contribution in [1.29, 1.82) is 0 Å². The number of aromatic nitrogens is 4. The standard InChI is InChI=1S/C28H43N5O5/c1-4-6-8-9-10-11-12-13-15-24(35)38-22-16-21(19(3)20(22)17-37-23(34)14-7-5-2)33-18-30-25-26(33)31-28(29)32-27(25)36/h18,20-22H,3-17H2,1-2H3,(H3,29,31,32,36)/t20-,21-,22-/m0/s1. The van der Waals surface area contributed by atoms with E-state index in [1.165, 1.54) is 38.4 Å². The third-order valence-electron chi connectivity index (χ3n) is 7.27. The number of anilines is 1. The maximum absolute atomic E-state index is 12.7. The van der Waals surface area contributed by atoms with Crippen LogP contribution in [0.5, 0.6) is 0 Å². The second kappa shape index (κ2) is 14.7. The summed E-state index contributed by atoms with van der Waals surface area (Å²) in [6, 6.07) is -0.339. The molecular weight excluding hydrogens is 486 g/mol. The predicted molar refractivity (Wildman–Crippen MR) is 146 cm³/mol. The number of nitrogens with zero attached hydrogens (tertiary/aromatic N) is 3. The molecule has 0 saturated heterocycles. The zero-order chi connectivity index (χ0) is 27.5. The second-order valence-corrected chi connectivity index (χ2v) is 10.2. The number of H-pyrrole nitrogens is 1. The van der Waals surface area contributed by atoms with Gasteiger partial charge in [-0.15, -0.1) is 0 Å². The molecule has 1 saturated carbocycles. The molecule has 2 aromatic rings. The van der Waals surface area contributed by atoms with Gasteiger partial charge in [-0.3, -0.25) is 19.4 Å². The summed E-state index contributed by atoms with van der Waals surface area (Å²) < 4.78 is 13.2. The quantitative estimate of drug-likeness (QED) is 0.176. The Bertz CT molecular complexity index is 1140. The summed E-state index contributed by atoms with van der Waals surface area (Å²) in [5.41, 5.74) is 6.58. The van der Waals surface area contributed by atoms with Gasteiger partial charge in [-0.25, -0.2) is 4.98 Å². The largest absolute Gasteiger partial charge is 0.465 e. The van der Waals surface area contributed by atoms with E-state index in [0.717, 1.165) is 37.7 Å². The molecule has 1 aliphatic rings. The molecule has 0 bridgehead atoms. The average Bonchev–Trinajstić information content (AvgIpc) is 3.43. The highest BCUT2D eigenvalue weighted by atomic mass is 16.6. The number of carbonyl (C=O) groups excluding carboxylic acids is 2. The van der Waals surface area contributed by atoms with Crippen LogP contribution >= 0.6 is 0 Å². The molecule has 0 unspecified atom stereocenters. The van der Waals surface area contributed by atoms with E-state index in [4.69, 9.17) is 15.2 Å². The van der Waals surface area contributed by atoms with Crippen LogP contribution in [0.4, 0.5) is 5.95 Å². The number of imidazole rings is 1. The lowest BCUT2D eigenvalue weighted by Crippen LogP contribution is -2.27. The average molecular weight is 530 g/mol. The number of fused-ring (bicyclic) bond motifs is 1. The van der Waals surface area contributed by atoms with E-state index < -0.39 is 11.7 Å². The Morgan fingerprint density at radius 1 is 1.05 bits per heavy atom. The molecule has 0 spiro atoms. The van der Waals surface area contributed by atoms with Gasteiger partial charge >= 0.3 is 11.9 Å². The summed E-state index contributed by atoms with van der Waals surface area (Å²) in [6.45, 7) is 8.57. The smallest absolute Gasteiger partial charge is 0.306 e. The van der Waals surface area contributed by atoms with Crippen LogP contribution in [0.3, 0.4) is 0 Å². The van der Waals surface area contributed by atoms with E-state index in [1.807, 2.05) is 6.92 Å². The number of ether oxygens (including phenoxy) is 2. The summed E-state index contributed by atoms with van der Waals surface area (Å²) in [5.74, 6) is -0.917. The van der Waals surface area contributed by atoms with E-state index in [0.29, 0.717) is 24.9 Å². The van der Waals surface area contributed by atoms with Crippen LogP contribution in [0.15, 0.2) is 23.3 Å². The molecule has 3 N–H and O–H groups in total. The molecule has 2 aromatic heterocycles. The van der Waals surface area contributed by atoms with Crippen molar-refractivity contribution in [3.63, 3.8) is 0 Å². The highest BCUT2D eigenvalue weighted by molar-refractivity contribution is 5.71. The van der Waals surface area contributed by atoms with Crippen molar-refractivity contribution in [2.75, 3.05) is 12.3 Å². The van der Waals surface area contributed by atoms with E-state index in [9.17, 15) is 14.4 Å². The Kier molecular flexibility index (Phi) is 11.4. The topological polar surface area (TPSA) is 142 Å². The third kappa shape index (κ3) is 7.91. The zero-order valence-corrected chi connectivity index (χ0v) is 22.9. The minimum Gasteiger partial charge on any atom is -0.465 e. The number of rotatable bonds is 16. The first-order valence-corrected chi connectivity index (χ1v) is 14.1. The Hall–Kier alpha value is -3.17. The van der Waals surface area contributed by atoms with Crippen molar-refractivity contribution in [3.8, 4) is 0 Å². The van der Waals surface area contributed by atoms with Gasteiger partial charge in [0.2, 0.25) is 5.95 Å². The summed E-state index contributed by atoms with van der Waals surface area (Å²) in [4.78, 5) is 48.1. The predicted octanol–water partition coefficient (Wildman–Crippen LogP) is 5.00. The van der Waals surface area contributed by atoms with Gasteiger partial charge < -0.3 is 19.8 Å². The first-order valence-electron chi connectivity index (χ1n) is 14.1. The van der Waals surface area contributed by atoms with Gasteiger partial charge in [-0.2, -0.15) is 4.98 Å². The highest BCUT2D eigenvalue weighted by Crippen LogP contribution is 2.42. The van der Waals surface area contributed by atoms with Crippen molar-refractivity contribution < 1.29 is 19.1 Å². The van der Waals surface area contributed by atoms with Crippen LogP contribution in [-0.2, 0) is 19.1 Å². The molecule has 10 nitrogen and oxygen atoms in total. The molecule has 1 aliphatic carbocycles. The molecular formula is C28H43N5O5. The fraction of sp³-hybridized carbons (Fsp3) is 0.679. The van der Waals surface area contributed by atoms with E-state index in [-0.39, 0.29) is 42.0 Å². The minimum atomic E-state index is -0.509. The number of esters is 2. The number of carbonyl (C=O) groups is 2. The number of unbranched alkanes of at least 4 members (excludes halogenated alkanes) is 8. The van der Waals surface area contributed by atoms with Crippen LogP contribution in [0.25, 0.3) is 11.2 Å². The van der Waals surface area contributed by atoms with Gasteiger partial charge in [-0.1, -0.05) is 71.8 Å². The van der Waals surface area contributed by atoms with Crippen molar-refractivity contribution in [3.05, 3.63) is 28.8 Å². The number of hydrogen-bond acceptors (Lipinski definition) is 8. The maximum Gasteiger partial charge on any atom is 0.306 e. The van der Waals surface area contributed by atoms with Gasteiger partial charge in [0.15, 0.2) is 11.2 Å². The lowest BCUT2D eigenvalue weighted by atomic mass is 10.0. The van der Waals surface area contributed by atoms with Crippen LogP contribution in [0.1, 0.15) is 103 Å². The zero-order valence-electron chi connectivity index (χ0n) is 22.9. The molecule has 0 amide bonds. The number of nitrogen functional groups attached to an aromatic ring is 1. The van der Waals surface area contributed by atoms with Gasteiger partial charge in [0.25, 0.3) is 5.56 Å². The van der Waals surface area contributed by atoms with Gasteiger partial charge in [0, 0.05) is 19.3 Å². The fourth-order valence-electron chi connectivity index (χ4n) is 5.04. The first-order chi connectivity index (χ1) is 18.3. The second-order valence-electron chi connectivity index (χ2n) is 10.2. The Morgan fingerprint density at radius 2 is 1.71 bits per heavy atom. The number of hydrogen-bond donors (Lipinski definition) is 2. The summed E-state index contributed by atoms with van der Waals surface area (Å²) in [6.07, 6.45) is 12.9. The van der Waals surface area contributed by atoms with Crippen LogP contribution in [0.2, 0.25) is 0 Å². The first kappa shape index (κ1) is 29.4. The molecule has 38 heavy (non-hydrogen) atoms. The van der Waals surface area contributed by atoms with Crippen LogP contribution < -0.4 is 11.3 Å². The summed E-state index contributed by atoms with van der Waals surface area (Å²) in [5, 5.41) is 0. The number of aromatic amines is 1. The maximum atomic E-state index is 12.7. The van der Waals surface area contributed by atoms with Crippen molar-refractivity contribution >= 4 is 29.1 Å². The Balaban J connectivity index is 1.65. The van der Waals surface area contributed by atoms with Gasteiger partial charge in [0.1, 0.15) is 12.7 Å². The van der Waals surface area contributed by atoms with Crippen LogP contribution in [0, 0.1) is 5.92 Å². The summed E-state index contributed by atoms with van der Waals surface area (Å²) >= 11 is 0. The normalized spacial score (nSPS) is 19.2. The van der Waals surface area contributed by atoms with Gasteiger partial charge in [0.05, 0.1) is 18.3 Å². The molecule has 1 fully saturated rings. The Morgan fingerprint density at radius 3 is 2.42 bits per heavy atom. The highest BCUT2D eigenvalue weighted by Gasteiger charge is 2.42. The molecule has 0 aliphatic heterocycles. The lowest BCUT2D eigenvalue weighted by Gasteiger charge is -2.20. The van der Waals surface area contributed by atoms with E-state index in [2.05, 4.69) is 28.5 Å². The monoisotopic (exact) mass is 529 g/mol.